The van der Waals surface area contributed by atoms with Gasteiger partial charge < -0.3 is 11.1 Å². The van der Waals surface area contributed by atoms with E-state index in [9.17, 15) is 0 Å². The molecule has 0 saturated heterocycles. The number of benzene rings is 1. The van der Waals surface area contributed by atoms with Crippen molar-refractivity contribution < 1.29 is 0 Å². The lowest BCUT2D eigenvalue weighted by Gasteiger charge is -2.12. The predicted octanol–water partition coefficient (Wildman–Crippen LogP) is 3.01. The SMILES string of the molecule is CCCc1ccccc1Nc1c(N)c(C)nn1C. The molecule has 0 amide bonds. The van der Waals surface area contributed by atoms with Crippen LogP contribution in [0, 0.1) is 6.92 Å². The fraction of sp³-hybridized carbons (Fsp3) is 0.357. The number of hydrogen-bond acceptors (Lipinski definition) is 3. The molecule has 96 valence electrons. The molecule has 1 heterocycles. The van der Waals surface area contributed by atoms with Gasteiger partial charge in [0.25, 0.3) is 0 Å². The van der Waals surface area contributed by atoms with Crippen molar-refractivity contribution in [2.24, 2.45) is 7.05 Å². The average molecular weight is 244 g/mol. The molecule has 2 aromatic rings. The Morgan fingerprint density at radius 1 is 1.33 bits per heavy atom. The minimum Gasteiger partial charge on any atom is -0.394 e. The number of aryl methyl sites for hydroxylation is 3. The fourth-order valence-corrected chi connectivity index (χ4v) is 2.08. The number of para-hydroxylation sites is 1. The van der Waals surface area contributed by atoms with E-state index in [0.717, 1.165) is 30.0 Å². The molecule has 0 fully saturated rings. The van der Waals surface area contributed by atoms with Gasteiger partial charge in [0, 0.05) is 12.7 Å². The van der Waals surface area contributed by atoms with E-state index in [4.69, 9.17) is 5.73 Å². The lowest BCUT2D eigenvalue weighted by atomic mass is 10.1. The second kappa shape index (κ2) is 5.12. The molecule has 1 aromatic heterocycles. The summed E-state index contributed by atoms with van der Waals surface area (Å²) in [6.45, 7) is 4.10. The number of aromatic nitrogens is 2. The van der Waals surface area contributed by atoms with Crippen molar-refractivity contribution in [1.82, 2.24) is 9.78 Å². The first kappa shape index (κ1) is 12.5. The summed E-state index contributed by atoms with van der Waals surface area (Å²) in [6.07, 6.45) is 2.18. The second-order valence-electron chi connectivity index (χ2n) is 4.50. The van der Waals surface area contributed by atoms with Crippen LogP contribution in [0.2, 0.25) is 0 Å². The Labute approximate surface area is 108 Å². The normalized spacial score (nSPS) is 10.6. The number of nitrogen functional groups attached to an aromatic ring is 1. The van der Waals surface area contributed by atoms with Crippen LogP contribution in [-0.4, -0.2) is 9.78 Å². The van der Waals surface area contributed by atoms with E-state index in [1.807, 2.05) is 20.0 Å². The van der Waals surface area contributed by atoms with Crippen molar-refractivity contribution in [1.29, 1.82) is 0 Å². The monoisotopic (exact) mass is 244 g/mol. The van der Waals surface area contributed by atoms with Gasteiger partial charge in [-0.3, -0.25) is 4.68 Å². The maximum Gasteiger partial charge on any atom is 0.152 e. The van der Waals surface area contributed by atoms with Crippen LogP contribution in [0.15, 0.2) is 24.3 Å². The van der Waals surface area contributed by atoms with E-state index in [2.05, 4.69) is 35.5 Å². The Kier molecular flexibility index (Phi) is 3.55. The lowest BCUT2D eigenvalue weighted by Crippen LogP contribution is -2.03. The summed E-state index contributed by atoms with van der Waals surface area (Å²) in [4.78, 5) is 0. The first-order chi connectivity index (χ1) is 8.63. The number of anilines is 3. The second-order valence-corrected chi connectivity index (χ2v) is 4.50. The molecule has 0 aliphatic heterocycles. The van der Waals surface area contributed by atoms with E-state index < -0.39 is 0 Å². The number of nitrogens with two attached hydrogens (primary N) is 1. The van der Waals surface area contributed by atoms with Crippen molar-refractivity contribution in [3.05, 3.63) is 35.5 Å². The number of rotatable bonds is 4. The van der Waals surface area contributed by atoms with Crippen molar-refractivity contribution in [3.63, 3.8) is 0 Å². The van der Waals surface area contributed by atoms with E-state index in [-0.39, 0.29) is 0 Å². The fourth-order valence-electron chi connectivity index (χ4n) is 2.08. The Balaban J connectivity index is 2.34. The molecule has 0 aliphatic rings. The smallest absolute Gasteiger partial charge is 0.152 e. The van der Waals surface area contributed by atoms with Crippen LogP contribution in [0.1, 0.15) is 24.6 Å². The molecule has 2 rings (SSSR count). The zero-order valence-electron chi connectivity index (χ0n) is 11.2. The molecule has 0 unspecified atom stereocenters. The van der Waals surface area contributed by atoms with Gasteiger partial charge in [0.05, 0.1) is 11.4 Å². The molecule has 0 atom stereocenters. The summed E-state index contributed by atoms with van der Waals surface area (Å²) >= 11 is 0. The maximum atomic E-state index is 6.03. The van der Waals surface area contributed by atoms with Crippen LogP contribution < -0.4 is 11.1 Å². The van der Waals surface area contributed by atoms with Crippen molar-refractivity contribution >= 4 is 17.2 Å². The minimum absolute atomic E-state index is 0.712. The number of hydrogen-bond donors (Lipinski definition) is 2. The average Bonchev–Trinajstić information content (AvgIpc) is 2.59. The van der Waals surface area contributed by atoms with Gasteiger partial charge in [-0.1, -0.05) is 31.5 Å². The van der Waals surface area contributed by atoms with Gasteiger partial charge in [-0.25, -0.2) is 0 Å². The topological polar surface area (TPSA) is 55.9 Å². The van der Waals surface area contributed by atoms with Crippen molar-refractivity contribution in [2.75, 3.05) is 11.1 Å². The first-order valence-corrected chi connectivity index (χ1v) is 6.27. The Hall–Kier alpha value is -1.97. The maximum absolute atomic E-state index is 6.03. The molecule has 1 aromatic carbocycles. The molecule has 3 N–H and O–H groups in total. The summed E-state index contributed by atoms with van der Waals surface area (Å²) in [7, 11) is 1.90. The Bertz CT molecular complexity index is 543. The third-order valence-corrected chi connectivity index (χ3v) is 3.06. The van der Waals surface area contributed by atoms with Crippen LogP contribution in [0.5, 0.6) is 0 Å². The molecule has 4 heteroatoms. The van der Waals surface area contributed by atoms with E-state index in [1.165, 1.54) is 5.56 Å². The Morgan fingerprint density at radius 2 is 2.06 bits per heavy atom. The van der Waals surface area contributed by atoms with Crippen molar-refractivity contribution in [2.45, 2.75) is 26.7 Å². The van der Waals surface area contributed by atoms with Gasteiger partial charge >= 0.3 is 0 Å². The molecule has 18 heavy (non-hydrogen) atoms. The summed E-state index contributed by atoms with van der Waals surface area (Å²) in [6, 6.07) is 8.31. The van der Waals surface area contributed by atoms with Gasteiger partial charge in [0.1, 0.15) is 0 Å². The highest BCUT2D eigenvalue weighted by Gasteiger charge is 2.11. The third kappa shape index (κ3) is 2.32. The Morgan fingerprint density at radius 3 is 2.67 bits per heavy atom. The molecular formula is C14H20N4. The van der Waals surface area contributed by atoms with Crippen LogP contribution in [0.4, 0.5) is 17.2 Å². The third-order valence-electron chi connectivity index (χ3n) is 3.06. The predicted molar refractivity (Wildman–Crippen MR) is 76.1 cm³/mol. The standard InChI is InChI=1S/C14H20N4/c1-4-7-11-8-5-6-9-12(11)16-14-13(15)10(2)17-18(14)3/h5-6,8-9,16H,4,7,15H2,1-3H3. The highest BCUT2D eigenvalue weighted by Crippen LogP contribution is 2.27. The zero-order valence-corrected chi connectivity index (χ0v) is 11.2. The largest absolute Gasteiger partial charge is 0.394 e. The molecule has 0 bridgehead atoms. The molecule has 0 aliphatic carbocycles. The highest BCUT2D eigenvalue weighted by molar-refractivity contribution is 5.72. The van der Waals surface area contributed by atoms with Crippen LogP contribution in [-0.2, 0) is 13.5 Å². The van der Waals surface area contributed by atoms with Gasteiger partial charge in [-0.05, 0) is 25.0 Å². The number of nitrogens with zero attached hydrogens (tertiary/aromatic N) is 2. The van der Waals surface area contributed by atoms with E-state index >= 15 is 0 Å². The van der Waals surface area contributed by atoms with E-state index in [1.54, 1.807) is 4.68 Å². The summed E-state index contributed by atoms with van der Waals surface area (Å²) in [5.41, 5.74) is 10.0. The van der Waals surface area contributed by atoms with E-state index in [0.29, 0.717) is 5.69 Å². The van der Waals surface area contributed by atoms with Gasteiger partial charge in [0.2, 0.25) is 0 Å². The highest BCUT2D eigenvalue weighted by atomic mass is 15.3. The molecular weight excluding hydrogens is 224 g/mol. The quantitative estimate of drug-likeness (QED) is 0.869. The zero-order chi connectivity index (χ0) is 13.1. The van der Waals surface area contributed by atoms with Crippen LogP contribution in [0.25, 0.3) is 0 Å². The van der Waals surface area contributed by atoms with Crippen molar-refractivity contribution in [3.8, 4) is 0 Å². The summed E-state index contributed by atoms with van der Waals surface area (Å²) in [5.74, 6) is 0.857. The first-order valence-electron chi connectivity index (χ1n) is 6.27. The van der Waals surface area contributed by atoms with Crippen LogP contribution >= 0.6 is 0 Å². The summed E-state index contributed by atoms with van der Waals surface area (Å²) in [5, 5.41) is 7.70. The minimum atomic E-state index is 0.712. The van der Waals surface area contributed by atoms with Crippen LogP contribution in [0.3, 0.4) is 0 Å². The molecule has 0 saturated carbocycles. The van der Waals surface area contributed by atoms with Gasteiger partial charge in [0.15, 0.2) is 5.82 Å². The molecule has 0 radical (unpaired) electrons. The van der Waals surface area contributed by atoms with Gasteiger partial charge in [-0.15, -0.1) is 0 Å². The number of nitrogens with one attached hydrogen (secondary N) is 1. The summed E-state index contributed by atoms with van der Waals surface area (Å²) < 4.78 is 1.79. The van der Waals surface area contributed by atoms with Gasteiger partial charge in [-0.2, -0.15) is 5.10 Å². The molecule has 4 nitrogen and oxygen atoms in total. The molecule has 0 spiro atoms. The lowest BCUT2D eigenvalue weighted by molar-refractivity contribution is 0.764.